The predicted molar refractivity (Wildman–Crippen MR) is 88.2 cm³/mol. The Morgan fingerprint density at radius 1 is 0.750 bits per heavy atom. The molecule has 118 valence electrons. The van der Waals surface area contributed by atoms with Gasteiger partial charge in [-0.25, -0.2) is 13.8 Å². The molecule has 4 aromatic rings. The maximum Gasteiger partial charge on any atom is 0.165 e. The summed E-state index contributed by atoms with van der Waals surface area (Å²) in [7, 11) is 0. The lowest BCUT2D eigenvalue weighted by Gasteiger charge is -2.08. The number of hydrogen-bond donors (Lipinski definition) is 1. The van der Waals surface area contributed by atoms with E-state index < -0.39 is 0 Å². The molecule has 0 aliphatic heterocycles. The number of halogens is 2. The number of nitrogens with zero attached hydrogens (tertiary/aromatic N) is 3. The summed E-state index contributed by atoms with van der Waals surface area (Å²) in [6.07, 6.45) is 3.27. The first-order valence-electron chi connectivity index (χ1n) is 7.27. The van der Waals surface area contributed by atoms with E-state index in [0.717, 1.165) is 16.7 Å². The summed E-state index contributed by atoms with van der Waals surface area (Å²) in [6.45, 7) is 0. The van der Waals surface area contributed by atoms with Gasteiger partial charge in [-0.05, 0) is 35.4 Å². The van der Waals surface area contributed by atoms with E-state index in [4.69, 9.17) is 5.73 Å². The molecular formula is C18H12F2N4. The van der Waals surface area contributed by atoms with Crippen LogP contribution in [0.1, 0.15) is 0 Å². The van der Waals surface area contributed by atoms with Crippen LogP contribution in [0.25, 0.3) is 27.9 Å². The first-order valence-corrected chi connectivity index (χ1v) is 7.27. The molecule has 0 amide bonds. The molecule has 2 aromatic carbocycles. The highest BCUT2D eigenvalue weighted by molar-refractivity contribution is 5.81. The van der Waals surface area contributed by atoms with Crippen molar-refractivity contribution in [2.75, 3.05) is 5.73 Å². The minimum atomic E-state index is -0.316. The zero-order valence-electron chi connectivity index (χ0n) is 12.4. The maximum absolute atomic E-state index is 13.1. The summed E-state index contributed by atoms with van der Waals surface area (Å²) >= 11 is 0. The Morgan fingerprint density at radius 3 is 1.88 bits per heavy atom. The van der Waals surface area contributed by atoms with Gasteiger partial charge in [0.05, 0.1) is 6.20 Å². The molecule has 2 N–H and O–H groups in total. The topological polar surface area (TPSA) is 56.2 Å². The summed E-state index contributed by atoms with van der Waals surface area (Å²) in [5.41, 5.74) is 9.76. The van der Waals surface area contributed by atoms with Gasteiger partial charge in [-0.2, -0.15) is 9.61 Å². The standard InChI is InChI=1S/C18H12F2N4/c19-13-5-1-11(2-6-13)15-9-22-18-16(10-23-24(18)17(15)21)12-3-7-14(20)8-4-12/h1-10H,21H2. The van der Waals surface area contributed by atoms with Crippen molar-refractivity contribution in [1.29, 1.82) is 0 Å². The zero-order chi connectivity index (χ0) is 16.7. The first-order chi connectivity index (χ1) is 11.6. The third-order valence-corrected chi connectivity index (χ3v) is 3.87. The second-order valence-electron chi connectivity index (χ2n) is 5.36. The smallest absolute Gasteiger partial charge is 0.165 e. The predicted octanol–water partition coefficient (Wildman–Crippen LogP) is 3.92. The van der Waals surface area contributed by atoms with E-state index in [1.165, 1.54) is 28.8 Å². The van der Waals surface area contributed by atoms with Gasteiger partial charge in [-0.15, -0.1) is 0 Å². The molecule has 0 unspecified atom stereocenters. The summed E-state index contributed by atoms with van der Waals surface area (Å²) in [4.78, 5) is 4.43. The van der Waals surface area contributed by atoms with Crippen molar-refractivity contribution < 1.29 is 8.78 Å². The molecule has 0 saturated carbocycles. The molecule has 0 saturated heterocycles. The van der Waals surface area contributed by atoms with E-state index in [0.29, 0.717) is 17.0 Å². The molecule has 0 aliphatic carbocycles. The lowest BCUT2D eigenvalue weighted by Crippen LogP contribution is -2.02. The number of nitrogens with two attached hydrogens (primary N) is 1. The van der Waals surface area contributed by atoms with Crippen LogP contribution in [-0.2, 0) is 0 Å². The van der Waals surface area contributed by atoms with E-state index in [9.17, 15) is 8.78 Å². The van der Waals surface area contributed by atoms with Crippen LogP contribution in [0.5, 0.6) is 0 Å². The van der Waals surface area contributed by atoms with Gasteiger partial charge in [0.2, 0.25) is 0 Å². The third kappa shape index (κ3) is 2.28. The van der Waals surface area contributed by atoms with Gasteiger partial charge in [0.15, 0.2) is 5.65 Å². The molecule has 0 fully saturated rings. The molecule has 0 spiro atoms. The van der Waals surface area contributed by atoms with Crippen LogP contribution in [0.4, 0.5) is 14.6 Å². The van der Waals surface area contributed by atoms with Crippen molar-refractivity contribution in [2.45, 2.75) is 0 Å². The highest BCUT2D eigenvalue weighted by Gasteiger charge is 2.13. The molecule has 4 nitrogen and oxygen atoms in total. The lowest BCUT2D eigenvalue weighted by molar-refractivity contribution is 0.627. The van der Waals surface area contributed by atoms with Gasteiger partial charge in [0, 0.05) is 17.3 Å². The minimum absolute atomic E-state index is 0.304. The Balaban J connectivity index is 1.86. The van der Waals surface area contributed by atoms with E-state index in [2.05, 4.69) is 10.1 Å². The molecule has 0 aliphatic rings. The Labute approximate surface area is 136 Å². The number of hydrogen-bond acceptors (Lipinski definition) is 3. The average molecular weight is 322 g/mol. The molecule has 6 heteroatoms. The van der Waals surface area contributed by atoms with Gasteiger partial charge in [-0.1, -0.05) is 24.3 Å². The molecular weight excluding hydrogens is 310 g/mol. The van der Waals surface area contributed by atoms with Crippen molar-refractivity contribution in [3.8, 4) is 22.3 Å². The van der Waals surface area contributed by atoms with Gasteiger partial charge < -0.3 is 5.73 Å². The van der Waals surface area contributed by atoms with Crippen LogP contribution in [0, 0.1) is 11.6 Å². The normalized spacial score (nSPS) is 11.1. The number of nitrogen functional groups attached to an aromatic ring is 1. The van der Waals surface area contributed by atoms with Crippen LogP contribution < -0.4 is 5.73 Å². The summed E-state index contributed by atoms with van der Waals surface area (Å²) < 4.78 is 27.7. The summed E-state index contributed by atoms with van der Waals surface area (Å²) in [6, 6.07) is 12.1. The number of fused-ring (bicyclic) bond motifs is 1. The van der Waals surface area contributed by atoms with Crippen molar-refractivity contribution >= 4 is 11.5 Å². The highest BCUT2D eigenvalue weighted by Crippen LogP contribution is 2.30. The zero-order valence-corrected chi connectivity index (χ0v) is 12.4. The van der Waals surface area contributed by atoms with Crippen LogP contribution in [0.2, 0.25) is 0 Å². The number of anilines is 1. The van der Waals surface area contributed by atoms with Crippen molar-refractivity contribution in [3.63, 3.8) is 0 Å². The summed E-state index contributed by atoms with van der Waals surface area (Å²) in [5, 5.41) is 4.28. The summed E-state index contributed by atoms with van der Waals surface area (Å²) in [5.74, 6) is -0.217. The van der Waals surface area contributed by atoms with Crippen LogP contribution in [0.3, 0.4) is 0 Å². The first kappa shape index (κ1) is 14.3. The van der Waals surface area contributed by atoms with E-state index in [1.54, 1.807) is 36.7 Å². The average Bonchev–Trinajstić information content (AvgIpc) is 3.02. The van der Waals surface area contributed by atoms with Gasteiger partial charge in [0.1, 0.15) is 17.5 Å². The lowest BCUT2D eigenvalue weighted by atomic mass is 10.1. The largest absolute Gasteiger partial charge is 0.383 e. The Morgan fingerprint density at radius 2 is 1.29 bits per heavy atom. The molecule has 0 radical (unpaired) electrons. The quantitative estimate of drug-likeness (QED) is 0.608. The number of rotatable bonds is 2. The third-order valence-electron chi connectivity index (χ3n) is 3.87. The Kier molecular flexibility index (Phi) is 3.23. The maximum atomic E-state index is 13.1. The van der Waals surface area contributed by atoms with Crippen LogP contribution in [0.15, 0.2) is 60.9 Å². The fourth-order valence-electron chi connectivity index (χ4n) is 2.63. The molecule has 0 atom stereocenters. The minimum Gasteiger partial charge on any atom is -0.383 e. The Hall–Kier alpha value is -3.28. The number of benzene rings is 2. The van der Waals surface area contributed by atoms with E-state index >= 15 is 0 Å². The molecule has 0 bridgehead atoms. The highest BCUT2D eigenvalue weighted by atomic mass is 19.1. The molecule has 2 aromatic heterocycles. The van der Waals surface area contributed by atoms with Crippen molar-refractivity contribution in [2.24, 2.45) is 0 Å². The Bertz CT molecular complexity index is 1020. The van der Waals surface area contributed by atoms with Gasteiger partial charge >= 0.3 is 0 Å². The van der Waals surface area contributed by atoms with Crippen LogP contribution in [-0.4, -0.2) is 14.6 Å². The molecule has 2 heterocycles. The van der Waals surface area contributed by atoms with E-state index in [-0.39, 0.29) is 11.6 Å². The van der Waals surface area contributed by atoms with Gasteiger partial charge in [-0.3, -0.25) is 0 Å². The second-order valence-corrected chi connectivity index (χ2v) is 5.36. The number of aromatic nitrogens is 3. The molecule has 4 rings (SSSR count). The van der Waals surface area contributed by atoms with Crippen LogP contribution >= 0.6 is 0 Å². The van der Waals surface area contributed by atoms with Gasteiger partial charge in [0.25, 0.3) is 0 Å². The van der Waals surface area contributed by atoms with E-state index in [1.807, 2.05) is 0 Å². The monoisotopic (exact) mass is 322 g/mol. The second kappa shape index (κ2) is 5.42. The van der Waals surface area contributed by atoms with Crippen molar-refractivity contribution in [3.05, 3.63) is 72.6 Å². The van der Waals surface area contributed by atoms with Crippen molar-refractivity contribution in [1.82, 2.24) is 14.6 Å². The molecule has 24 heavy (non-hydrogen) atoms. The fraction of sp³-hybridized carbons (Fsp3) is 0. The fourth-order valence-corrected chi connectivity index (χ4v) is 2.63. The SMILES string of the molecule is Nc1c(-c2ccc(F)cc2)cnc2c(-c3ccc(F)cc3)cnn12.